The molecule has 1 amide bonds. The summed E-state index contributed by atoms with van der Waals surface area (Å²) in [5, 5.41) is 1.31. The van der Waals surface area contributed by atoms with Crippen LogP contribution in [0.4, 0.5) is 5.69 Å². The maximum atomic E-state index is 13.4. The number of carbonyl (C=O) groups excluding carboxylic acids is 1. The Bertz CT molecular complexity index is 1130. The zero-order chi connectivity index (χ0) is 20.9. The monoisotopic (exact) mass is 399 g/mol. The summed E-state index contributed by atoms with van der Waals surface area (Å²) in [6, 6.07) is 17.0. The van der Waals surface area contributed by atoms with Gasteiger partial charge in [-0.1, -0.05) is 36.4 Å². The van der Waals surface area contributed by atoms with Gasteiger partial charge in [0.2, 0.25) is 5.91 Å². The molecule has 0 saturated carbocycles. The first-order chi connectivity index (χ1) is 14.6. The molecule has 1 aliphatic carbocycles. The lowest BCUT2D eigenvalue weighted by Crippen LogP contribution is -2.56. The van der Waals surface area contributed by atoms with E-state index in [9.17, 15) is 4.79 Å². The minimum atomic E-state index is -0.190. The Hall–Kier alpha value is -3.01. The van der Waals surface area contributed by atoms with Gasteiger partial charge < -0.3 is 14.8 Å². The highest BCUT2D eigenvalue weighted by atomic mass is 16.2. The van der Waals surface area contributed by atoms with Gasteiger partial charge in [-0.05, 0) is 55.7 Å². The molecular formula is C26H29N3O. The number of nitrogens with one attached hydrogen (secondary N) is 1. The quantitative estimate of drug-likeness (QED) is 0.680. The molecule has 4 heteroatoms. The lowest BCUT2D eigenvalue weighted by atomic mass is 9.70. The van der Waals surface area contributed by atoms with Crippen molar-refractivity contribution in [3.05, 3.63) is 71.9 Å². The molecule has 3 aromatic rings. The fourth-order valence-corrected chi connectivity index (χ4v) is 5.46. The van der Waals surface area contributed by atoms with E-state index in [0.29, 0.717) is 6.54 Å². The minimum Gasteiger partial charge on any atom is -0.361 e. The molecule has 0 fully saturated rings. The summed E-state index contributed by atoms with van der Waals surface area (Å²) in [6.45, 7) is 8.64. The zero-order valence-corrected chi connectivity index (χ0v) is 18.0. The van der Waals surface area contributed by atoms with Crippen LogP contribution in [0, 0.1) is 5.92 Å². The Labute approximate surface area is 178 Å². The van der Waals surface area contributed by atoms with E-state index in [2.05, 4.69) is 91.5 Å². The number of nitrogens with zero attached hydrogens (tertiary/aromatic N) is 2. The average molecular weight is 400 g/mol. The molecule has 0 bridgehead atoms. The second-order valence-electron chi connectivity index (χ2n) is 8.64. The standard InChI is InChI=1S/C26H29N3O/c1-4-28(5-2)25(30)18-14-22-21-12-9-13-23-24(21)19(16-27-23)15-26(22,3)29(17-18)20-10-7-6-8-11-20/h6-14,16,18,27H,4-5,15,17H2,1-3H3/t18-,26-/m1/s1. The van der Waals surface area contributed by atoms with E-state index in [-0.39, 0.29) is 17.4 Å². The van der Waals surface area contributed by atoms with Gasteiger partial charge in [-0.3, -0.25) is 4.79 Å². The molecular weight excluding hydrogens is 370 g/mol. The van der Waals surface area contributed by atoms with Crippen molar-refractivity contribution in [3.8, 4) is 0 Å². The van der Waals surface area contributed by atoms with Crippen LogP contribution < -0.4 is 4.90 Å². The second kappa shape index (κ2) is 7.05. The van der Waals surface area contributed by atoms with E-state index in [1.807, 2.05) is 4.90 Å². The van der Waals surface area contributed by atoms with Crippen molar-refractivity contribution in [2.75, 3.05) is 24.5 Å². The van der Waals surface area contributed by atoms with Crippen molar-refractivity contribution >= 4 is 28.1 Å². The molecule has 2 atom stereocenters. The molecule has 2 aliphatic rings. The second-order valence-corrected chi connectivity index (χ2v) is 8.64. The molecule has 0 radical (unpaired) electrons. The van der Waals surface area contributed by atoms with Gasteiger partial charge in [0, 0.05) is 48.8 Å². The predicted molar refractivity (Wildman–Crippen MR) is 124 cm³/mol. The number of hydrogen-bond donors (Lipinski definition) is 1. The summed E-state index contributed by atoms with van der Waals surface area (Å²) in [4.78, 5) is 21.3. The van der Waals surface area contributed by atoms with Gasteiger partial charge >= 0.3 is 0 Å². The third kappa shape index (κ3) is 2.70. The van der Waals surface area contributed by atoms with Gasteiger partial charge in [0.05, 0.1) is 11.5 Å². The van der Waals surface area contributed by atoms with Crippen molar-refractivity contribution in [3.63, 3.8) is 0 Å². The van der Waals surface area contributed by atoms with Gasteiger partial charge in [-0.15, -0.1) is 0 Å². The highest BCUT2D eigenvalue weighted by molar-refractivity contribution is 6.01. The number of aromatic amines is 1. The maximum Gasteiger partial charge on any atom is 0.231 e. The van der Waals surface area contributed by atoms with Crippen molar-refractivity contribution in [2.24, 2.45) is 5.92 Å². The number of para-hydroxylation sites is 1. The van der Waals surface area contributed by atoms with Crippen LogP contribution in [0.15, 0.2) is 60.8 Å². The Balaban J connectivity index is 1.71. The number of anilines is 1. The Morgan fingerprint density at radius 3 is 2.63 bits per heavy atom. The van der Waals surface area contributed by atoms with E-state index in [1.165, 1.54) is 33.3 Å². The van der Waals surface area contributed by atoms with Crippen molar-refractivity contribution < 1.29 is 4.79 Å². The molecule has 0 saturated heterocycles. The van der Waals surface area contributed by atoms with Gasteiger partial charge in [0.25, 0.3) is 0 Å². The van der Waals surface area contributed by atoms with Crippen LogP contribution in [0.25, 0.3) is 16.5 Å². The summed E-state index contributed by atoms with van der Waals surface area (Å²) in [5.74, 6) is 0.0754. The number of rotatable bonds is 4. The Morgan fingerprint density at radius 2 is 1.90 bits per heavy atom. The van der Waals surface area contributed by atoms with Crippen molar-refractivity contribution in [2.45, 2.75) is 32.7 Å². The molecule has 30 heavy (non-hydrogen) atoms. The van der Waals surface area contributed by atoms with Crippen molar-refractivity contribution in [1.82, 2.24) is 9.88 Å². The largest absolute Gasteiger partial charge is 0.361 e. The summed E-state index contributed by atoms with van der Waals surface area (Å²) in [7, 11) is 0. The molecule has 4 nitrogen and oxygen atoms in total. The lowest BCUT2D eigenvalue weighted by molar-refractivity contribution is -0.133. The first-order valence-electron chi connectivity index (χ1n) is 11.0. The predicted octanol–water partition coefficient (Wildman–Crippen LogP) is 4.87. The summed E-state index contributed by atoms with van der Waals surface area (Å²) >= 11 is 0. The molecule has 0 unspecified atom stereocenters. The third-order valence-corrected chi connectivity index (χ3v) is 7.00. The molecule has 2 heterocycles. The maximum absolute atomic E-state index is 13.4. The van der Waals surface area contributed by atoms with Crippen LogP contribution in [0.5, 0.6) is 0 Å². The molecule has 0 spiro atoms. The topological polar surface area (TPSA) is 39.3 Å². The average Bonchev–Trinajstić information content (AvgIpc) is 3.18. The fraction of sp³-hybridized carbons (Fsp3) is 0.346. The van der Waals surface area contributed by atoms with E-state index in [4.69, 9.17) is 0 Å². The normalized spacial score (nSPS) is 22.6. The van der Waals surface area contributed by atoms with Crippen molar-refractivity contribution in [1.29, 1.82) is 0 Å². The third-order valence-electron chi connectivity index (χ3n) is 7.00. The van der Waals surface area contributed by atoms with E-state index >= 15 is 0 Å². The van der Waals surface area contributed by atoms with Crippen LogP contribution in [0.3, 0.4) is 0 Å². The minimum absolute atomic E-state index is 0.149. The summed E-state index contributed by atoms with van der Waals surface area (Å²) in [6.07, 6.45) is 5.36. The number of fused-ring (bicyclic) bond motifs is 2. The molecule has 1 aliphatic heterocycles. The molecule has 2 aromatic carbocycles. The molecule has 1 N–H and O–H groups in total. The Morgan fingerprint density at radius 1 is 1.13 bits per heavy atom. The highest BCUT2D eigenvalue weighted by Crippen LogP contribution is 2.49. The summed E-state index contributed by atoms with van der Waals surface area (Å²) < 4.78 is 0. The van der Waals surface area contributed by atoms with Gasteiger partial charge in [0.15, 0.2) is 0 Å². The van der Waals surface area contributed by atoms with Crippen LogP contribution in [0.2, 0.25) is 0 Å². The smallest absolute Gasteiger partial charge is 0.231 e. The van der Waals surface area contributed by atoms with Crippen LogP contribution in [-0.4, -0.2) is 41.0 Å². The van der Waals surface area contributed by atoms with E-state index in [0.717, 1.165) is 19.5 Å². The fourth-order valence-electron chi connectivity index (χ4n) is 5.46. The number of H-pyrrole nitrogens is 1. The molecule has 154 valence electrons. The van der Waals surface area contributed by atoms with Crippen LogP contribution in [0.1, 0.15) is 31.9 Å². The van der Waals surface area contributed by atoms with Crippen LogP contribution in [-0.2, 0) is 11.2 Å². The number of amides is 1. The molecule has 5 rings (SSSR count). The van der Waals surface area contributed by atoms with Crippen LogP contribution >= 0.6 is 0 Å². The van der Waals surface area contributed by atoms with E-state index in [1.54, 1.807) is 0 Å². The molecule has 1 aromatic heterocycles. The van der Waals surface area contributed by atoms with Gasteiger partial charge in [-0.25, -0.2) is 0 Å². The highest BCUT2D eigenvalue weighted by Gasteiger charge is 2.46. The SMILES string of the molecule is CCN(CC)C(=O)[C@@H]1C=C2c3cccc4[nH]cc(c34)C[C@@]2(C)N(c2ccccc2)C1. The van der Waals surface area contributed by atoms with Gasteiger partial charge in [0.1, 0.15) is 0 Å². The Kier molecular flexibility index (Phi) is 4.46. The lowest BCUT2D eigenvalue weighted by Gasteiger charge is -2.51. The number of aromatic nitrogens is 1. The number of hydrogen-bond acceptors (Lipinski definition) is 2. The summed E-state index contributed by atoms with van der Waals surface area (Å²) in [5.41, 5.74) is 6.05. The first-order valence-corrected chi connectivity index (χ1v) is 11.0. The zero-order valence-electron chi connectivity index (χ0n) is 18.0. The number of carbonyl (C=O) groups is 1. The van der Waals surface area contributed by atoms with E-state index < -0.39 is 0 Å². The number of benzene rings is 2. The van der Waals surface area contributed by atoms with Gasteiger partial charge in [-0.2, -0.15) is 0 Å². The first kappa shape index (κ1) is 19.0.